The number of hydrogen-bond donors (Lipinski definition) is 1. The van der Waals surface area contributed by atoms with Crippen LogP contribution in [0.25, 0.3) is 0 Å². The Morgan fingerprint density at radius 2 is 1.78 bits per heavy atom. The molecule has 0 aliphatic carbocycles. The summed E-state index contributed by atoms with van der Waals surface area (Å²) in [7, 11) is 1.95. The Hall–Kier alpha value is -1.24. The van der Waals surface area contributed by atoms with Crippen molar-refractivity contribution in [3.63, 3.8) is 0 Å². The largest absolute Gasteiger partial charge is 0.324 e. The highest BCUT2D eigenvalue weighted by atomic mass is 79.9. The molecule has 0 radical (unpaired) electrons. The summed E-state index contributed by atoms with van der Waals surface area (Å²) in [5, 5.41) is 2.60. The summed E-state index contributed by atoms with van der Waals surface area (Å²) < 4.78 is 15.4. The Morgan fingerprint density at radius 1 is 1.13 bits per heavy atom. The third-order valence-electron chi connectivity index (χ3n) is 3.29. The Morgan fingerprint density at radius 3 is 2.43 bits per heavy atom. The minimum atomic E-state index is -0.448. The Bertz CT molecular complexity index is 677. The van der Waals surface area contributed by atoms with Gasteiger partial charge in [-0.3, -0.25) is 4.79 Å². The molecule has 3 nitrogen and oxygen atoms in total. The molecule has 6 heteroatoms. The zero-order chi connectivity index (χ0) is 16.8. The van der Waals surface area contributed by atoms with Gasteiger partial charge in [0.1, 0.15) is 5.82 Å². The van der Waals surface area contributed by atoms with Gasteiger partial charge in [0.2, 0.25) is 5.91 Å². The van der Waals surface area contributed by atoms with Crippen LogP contribution in [-0.4, -0.2) is 24.4 Å². The molecule has 0 saturated carbocycles. The van der Waals surface area contributed by atoms with E-state index in [1.807, 2.05) is 31.3 Å². The number of rotatable bonds is 6. The van der Waals surface area contributed by atoms with Crippen LogP contribution in [0.15, 0.2) is 51.4 Å². The molecule has 1 N–H and O–H groups in total. The maximum absolute atomic E-state index is 13.7. The van der Waals surface area contributed by atoms with Gasteiger partial charge in [0.25, 0.3) is 0 Å². The lowest BCUT2D eigenvalue weighted by atomic mass is 10.2. The van der Waals surface area contributed by atoms with E-state index in [-0.39, 0.29) is 11.6 Å². The minimum absolute atomic E-state index is 0.200. The highest BCUT2D eigenvalue weighted by Gasteiger charge is 2.09. The van der Waals surface area contributed by atoms with E-state index in [9.17, 15) is 9.18 Å². The number of hydrogen-bond acceptors (Lipinski definition) is 2. The first-order chi connectivity index (χ1) is 10.9. The molecule has 122 valence electrons. The van der Waals surface area contributed by atoms with Gasteiger partial charge in [-0.1, -0.05) is 44.0 Å². The van der Waals surface area contributed by atoms with E-state index >= 15 is 0 Å². The van der Waals surface area contributed by atoms with E-state index < -0.39 is 5.82 Å². The Labute approximate surface area is 152 Å². The van der Waals surface area contributed by atoms with Gasteiger partial charge in [-0.2, -0.15) is 0 Å². The number of carbonyl (C=O) groups excluding carboxylic acids is 1. The van der Waals surface area contributed by atoms with Crippen LogP contribution in [0.3, 0.4) is 0 Å². The second kappa shape index (κ2) is 8.57. The second-order valence-corrected chi connectivity index (χ2v) is 7.12. The van der Waals surface area contributed by atoms with Gasteiger partial charge in [-0.15, -0.1) is 0 Å². The van der Waals surface area contributed by atoms with Crippen molar-refractivity contribution in [3.8, 4) is 0 Å². The fourth-order valence-electron chi connectivity index (χ4n) is 2.08. The van der Waals surface area contributed by atoms with Gasteiger partial charge >= 0.3 is 0 Å². The first-order valence-electron chi connectivity index (χ1n) is 7.12. The third kappa shape index (κ3) is 6.05. The number of amides is 1. The van der Waals surface area contributed by atoms with Crippen molar-refractivity contribution in [1.82, 2.24) is 4.90 Å². The smallest absolute Gasteiger partial charge is 0.225 e. The molecule has 0 unspecified atom stereocenters. The normalized spacial score (nSPS) is 10.8. The molecule has 2 aromatic rings. The zero-order valence-corrected chi connectivity index (χ0v) is 15.8. The SMILES string of the molecule is CN(CCC(=O)Nc1ccc(Br)cc1F)Cc1ccc(Br)cc1. The topological polar surface area (TPSA) is 32.3 Å². The summed E-state index contributed by atoms with van der Waals surface area (Å²) in [6, 6.07) is 12.6. The first-order valence-corrected chi connectivity index (χ1v) is 8.70. The summed E-state index contributed by atoms with van der Waals surface area (Å²) in [5.74, 6) is -0.648. The van der Waals surface area contributed by atoms with Crippen molar-refractivity contribution in [3.05, 3.63) is 62.8 Å². The maximum Gasteiger partial charge on any atom is 0.225 e. The van der Waals surface area contributed by atoms with E-state index in [0.29, 0.717) is 17.4 Å². The van der Waals surface area contributed by atoms with Gasteiger partial charge in [0.05, 0.1) is 5.69 Å². The van der Waals surface area contributed by atoms with Crippen molar-refractivity contribution in [1.29, 1.82) is 0 Å². The lowest BCUT2D eigenvalue weighted by Crippen LogP contribution is -2.24. The number of nitrogens with one attached hydrogen (secondary N) is 1. The highest BCUT2D eigenvalue weighted by Crippen LogP contribution is 2.19. The summed E-state index contributed by atoms with van der Waals surface area (Å²) in [6.07, 6.45) is 0.308. The van der Waals surface area contributed by atoms with Crippen LogP contribution in [0.2, 0.25) is 0 Å². The molecule has 0 atom stereocenters. The molecule has 1 amide bonds. The predicted octanol–water partition coefficient (Wildman–Crippen LogP) is 4.81. The van der Waals surface area contributed by atoms with Crippen LogP contribution >= 0.6 is 31.9 Å². The van der Waals surface area contributed by atoms with Crippen LogP contribution in [0, 0.1) is 5.82 Å². The van der Waals surface area contributed by atoms with E-state index in [1.54, 1.807) is 12.1 Å². The van der Waals surface area contributed by atoms with Gasteiger partial charge in [0.15, 0.2) is 0 Å². The number of halogens is 3. The zero-order valence-electron chi connectivity index (χ0n) is 12.7. The van der Waals surface area contributed by atoms with Crippen molar-refractivity contribution < 1.29 is 9.18 Å². The van der Waals surface area contributed by atoms with Crippen molar-refractivity contribution >= 4 is 43.5 Å². The van der Waals surface area contributed by atoms with Gasteiger partial charge in [-0.25, -0.2) is 4.39 Å². The van der Waals surface area contributed by atoms with Crippen LogP contribution in [0.4, 0.5) is 10.1 Å². The first kappa shape index (κ1) is 18.1. The van der Waals surface area contributed by atoms with Crippen molar-refractivity contribution in [2.75, 3.05) is 18.9 Å². The number of nitrogens with zero attached hydrogens (tertiary/aromatic N) is 1. The molecule has 0 aromatic heterocycles. The van der Waals surface area contributed by atoms with Crippen LogP contribution in [-0.2, 0) is 11.3 Å². The lowest BCUT2D eigenvalue weighted by molar-refractivity contribution is -0.116. The number of anilines is 1. The van der Waals surface area contributed by atoms with E-state index in [4.69, 9.17) is 0 Å². The fourth-order valence-corrected chi connectivity index (χ4v) is 2.67. The fraction of sp³-hybridized carbons (Fsp3) is 0.235. The molecular formula is C17H17Br2FN2O. The van der Waals surface area contributed by atoms with E-state index in [2.05, 4.69) is 42.1 Å². The van der Waals surface area contributed by atoms with Crippen LogP contribution < -0.4 is 5.32 Å². The van der Waals surface area contributed by atoms with Gasteiger partial charge in [-0.05, 0) is 42.9 Å². The van der Waals surface area contributed by atoms with Gasteiger partial charge in [0, 0.05) is 28.5 Å². The molecule has 0 aliphatic heterocycles. The average molecular weight is 444 g/mol. The van der Waals surface area contributed by atoms with Crippen LogP contribution in [0.1, 0.15) is 12.0 Å². The second-order valence-electron chi connectivity index (χ2n) is 5.29. The quantitative estimate of drug-likeness (QED) is 0.694. The Kier molecular flexibility index (Phi) is 6.74. The summed E-state index contributed by atoms with van der Waals surface area (Å²) in [6.45, 7) is 1.35. The summed E-state index contributed by atoms with van der Waals surface area (Å²) in [5.41, 5.74) is 1.38. The Balaban J connectivity index is 1.80. The number of benzene rings is 2. The van der Waals surface area contributed by atoms with Gasteiger partial charge < -0.3 is 10.2 Å². The maximum atomic E-state index is 13.7. The minimum Gasteiger partial charge on any atom is -0.324 e. The van der Waals surface area contributed by atoms with E-state index in [0.717, 1.165) is 11.0 Å². The standard InChI is InChI=1S/C17H17Br2FN2O/c1-22(11-12-2-4-13(18)5-3-12)9-8-17(23)21-16-7-6-14(19)10-15(16)20/h2-7,10H,8-9,11H2,1H3,(H,21,23). The van der Waals surface area contributed by atoms with Crippen LogP contribution in [0.5, 0.6) is 0 Å². The predicted molar refractivity (Wildman–Crippen MR) is 97.8 cm³/mol. The summed E-state index contributed by atoms with van der Waals surface area (Å²) >= 11 is 6.59. The monoisotopic (exact) mass is 442 g/mol. The van der Waals surface area contributed by atoms with Crippen molar-refractivity contribution in [2.45, 2.75) is 13.0 Å². The molecule has 2 rings (SSSR count). The molecule has 0 spiro atoms. The molecule has 2 aromatic carbocycles. The lowest BCUT2D eigenvalue weighted by Gasteiger charge is -2.16. The molecule has 0 bridgehead atoms. The summed E-state index contributed by atoms with van der Waals surface area (Å²) in [4.78, 5) is 14.0. The highest BCUT2D eigenvalue weighted by molar-refractivity contribution is 9.10. The molecule has 0 fully saturated rings. The molecule has 0 heterocycles. The number of carbonyl (C=O) groups is 1. The molecule has 0 saturated heterocycles. The van der Waals surface area contributed by atoms with Crippen molar-refractivity contribution in [2.24, 2.45) is 0 Å². The molecule has 23 heavy (non-hydrogen) atoms. The molecular weight excluding hydrogens is 427 g/mol. The average Bonchev–Trinajstić information content (AvgIpc) is 2.50. The third-order valence-corrected chi connectivity index (χ3v) is 4.31. The molecule has 0 aliphatic rings. The van der Waals surface area contributed by atoms with E-state index in [1.165, 1.54) is 11.6 Å².